The van der Waals surface area contributed by atoms with E-state index in [1.165, 1.54) is 27.2 Å². The lowest BCUT2D eigenvalue weighted by Gasteiger charge is -2.16. The van der Waals surface area contributed by atoms with Crippen LogP contribution in [0.15, 0.2) is 52.3 Å². The van der Waals surface area contributed by atoms with Crippen LogP contribution in [0.1, 0.15) is 48.5 Å². The van der Waals surface area contributed by atoms with E-state index in [2.05, 4.69) is 13.8 Å². The first-order valence-electron chi connectivity index (χ1n) is 9.13. The van der Waals surface area contributed by atoms with Crippen LogP contribution in [0.2, 0.25) is 0 Å². The van der Waals surface area contributed by atoms with Gasteiger partial charge in [0.1, 0.15) is 0 Å². The molecule has 27 heavy (non-hydrogen) atoms. The van der Waals surface area contributed by atoms with Crippen molar-refractivity contribution in [3.8, 4) is 0 Å². The van der Waals surface area contributed by atoms with Crippen molar-refractivity contribution in [2.75, 3.05) is 13.1 Å². The zero-order valence-electron chi connectivity index (χ0n) is 15.6. The number of pyridine rings is 1. The second-order valence-corrected chi connectivity index (χ2v) is 9.08. The van der Waals surface area contributed by atoms with Gasteiger partial charge in [-0.25, -0.2) is 8.42 Å². The molecule has 0 atom stereocenters. The summed E-state index contributed by atoms with van der Waals surface area (Å²) in [5.74, 6) is 0.132. The van der Waals surface area contributed by atoms with Crippen LogP contribution in [-0.2, 0) is 16.6 Å². The SMILES string of the molecule is CC(C)c1ccc(C(=O)Cn2cc(S(=O)(=O)N3CCCC3)ccc2=O)cc1. The van der Waals surface area contributed by atoms with Crippen molar-refractivity contribution in [3.05, 3.63) is 64.1 Å². The standard InChI is InChI=1S/C20H24N2O4S/c1-15(2)16-5-7-17(8-6-16)19(23)14-21-13-18(9-10-20(21)24)27(25,26)22-11-3-4-12-22/h5-10,13,15H,3-4,11-12,14H2,1-2H3. The summed E-state index contributed by atoms with van der Waals surface area (Å²) in [6.07, 6.45) is 2.95. The van der Waals surface area contributed by atoms with Gasteiger partial charge in [0, 0.05) is 30.9 Å². The van der Waals surface area contributed by atoms with Crippen molar-refractivity contribution in [2.24, 2.45) is 0 Å². The molecule has 0 radical (unpaired) electrons. The highest BCUT2D eigenvalue weighted by Crippen LogP contribution is 2.20. The molecule has 1 aliphatic rings. The number of benzene rings is 1. The van der Waals surface area contributed by atoms with Crippen molar-refractivity contribution in [1.29, 1.82) is 0 Å². The maximum Gasteiger partial charge on any atom is 0.251 e. The zero-order valence-corrected chi connectivity index (χ0v) is 16.4. The third-order valence-electron chi connectivity index (χ3n) is 4.87. The van der Waals surface area contributed by atoms with E-state index < -0.39 is 15.6 Å². The first-order valence-corrected chi connectivity index (χ1v) is 10.6. The van der Waals surface area contributed by atoms with Crippen LogP contribution < -0.4 is 5.56 Å². The average molecular weight is 388 g/mol. The number of aromatic nitrogens is 1. The van der Waals surface area contributed by atoms with Crippen LogP contribution in [0.5, 0.6) is 0 Å². The fourth-order valence-corrected chi connectivity index (χ4v) is 4.70. The number of rotatable bonds is 6. The summed E-state index contributed by atoms with van der Waals surface area (Å²) in [4.78, 5) is 24.7. The lowest BCUT2D eigenvalue weighted by molar-refractivity contribution is 0.0970. The zero-order chi connectivity index (χ0) is 19.6. The fourth-order valence-electron chi connectivity index (χ4n) is 3.16. The highest BCUT2D eigenvalue weighted by Gasteiger charge is 2.27. The van der Waals surface area contributed by atoms with Crippen molar-refractivity contribution in [2.45, 2.75) is 44.0 Å². The van der Waals surface area contributed by atoms with Crippen molar-refractivity contribution in [1.82, 2.24) is 8.87 Å². The van der Waals surface area contributed by atoms with Gasteiger partial charge in [-0.2, -0.15) is 4.31 Å². The van der Waals surface area contributed by atoms with E-state index in [0.717, 1.165) is 18.4 Å². The lowest BCUT2D eigenvalue weighted by atomic mass is 10.0. The highest BCUT2D eigenvalue weighted by atomic mass is 32.2. The van der Waals surface area contributed by atoms with E-state index in [9.17, 15) is 18.0 Å². The molecule has 3 rings (SSSR count). The minimum Gasteiger partial charge on any atom is -0.306 e. The van der Waals surface area contributed by atoms with Gasteiger partial charge < -0.3 is 4.57 Å². The van der Waals surface area contributed by atoms with Gasteiger partial charge in [0.15, 0.2) is 5.78 Å². The summed E-state index contributed by atoms with van der Waals surface area (Å²) in [6, 6.07) is 9.80. The number of carbonyl (C=O) groups excluding carboxylic acids is 1. The maximum absolute atomic E-state index is 12.7. The Balaban J connectivity index is 1.84. The molecule has 0 saturated carbocycles. The second-order valence-electron chi connectivity index (χ2n) is 7.14. The van der Waals surface area contributed by atoms with Crippen molar-refractivity contribution >= 4 is 15.8 Å². The predicted molar refractivity (Wildman–Crippen MR) is 104 cm³/mol. The summed E-state index contributed by atoms with van der Waals surface area (Å²) in [5, 5.41) is 0. The molecule has 0 bridgehead atoms. The van der Waals surface area contributed by atoms with Crippen LogP contribution in [0, 0.1) is 0 Å². The molecule has 7 heteroatoms. The number of hydrogen-bond acceptors (Lipinski definition) is 4. The Morgan fingerprint density at radius 3 is 2.26 bits per heavy atom. The first kappa shape index (κ1) is 19.5. The molecule has 2 aromatic rings. The lowest BCUT2D eigenvalue weighted by Crippen LogP contribution is -2.30. The normalized spacial score (nSPS) is 15.4. The maximum atomic E-state index is 12.7. The topological polar surface area (TPSA) is 76.5 Å². The average Bonchev–Trinajstić information content (AvgIpc) is 3.19. The number of ketones is 1. The Morgan fingerprint density at radius 2 is 1.67 bits per heavy atom. The van der Waals surface area contributed by atoms with Crippen LogP contribution in [-0.4, -0.2) is 36.2 Å². The van der Waals surface area contributed by atoms with Gasteiger partial charge in [-0.1, -0.05) is 38.1 Å². The molecule has 1 aromatic carbocycles. The van der Waals surface area contributed by atoms with E-state index in [-0.39, 0.29) is 17.2 Å². The fraction of sp³-hybridized carbons (Fsp3) is 0.400. The highest BCUT2D eigenvalue weighted by molar-refractivity contribution is 7.89. The Morgan fingerprint density at radius 1 is 1.04 bits per heavy atom. The molecule has 1 aromatic heterocycles. The summed E-state index contributed by atoms with van der Waals surface area (Å²) in [7, 11) is -3.63. The number of sulfonamides is 1. The molecule has 0 aliphatic carbocycles. The molecule has 1 saturated heterocycles. The van der Waals surface area contributed by atoms with E-state index in [0.29, 0.717) is 24.6 Å². The first-order chi connectivity index (χ1) is 12.8. The largest absolute Gasteiger partial charge is 0.306 e. The third-order valence-corrected chi connectivity index (χ3v) is 6.75. The molecule has 1 fully saturated rings. The summed E-state index contributed by atoms with van der Waals surface area (Å²) in [6.45, 7) is 4.93. The molecular weight excluding hydrogens is 364 g/mol. The molecule has 144 valence electrons. The molecular formula is C20H24N2O4S. The minimum atomic E-state index is -3.63. The summed E-state index contributed by atoms with van der Waals surface area (Å²) >= 11 is 0. The molecule has 6 nitrogen and oxygen atoms in total. The number of nitrogens with zero attached hydrogens (tertiary/aromatic N) is 2. The molecule has 1 aliphatic heterocycles. The Labute approximate surface area is 159 Å². The summed E-state index contributed by atoms with van der Waals surface area (Å²) in [5.41, 5.74) is 1.23. The van der Waals surface area contributed by atoms with Gasteiger partial charge in [-0.3, -0.25) is 9.59 Å². The van der Waals surface area contributed by atoms with Crippen LogP contribution in [0.3, 0.4) is 0 Å². The number of hydrogen-bond donors (Lipinski definition) is 0. The van der Waals surface area contributed by atoms with E-state index >= 15 is 0 Å². The van der Waals surface area contributed by atoms with E-state index in [1.54, 1.807) is 12.1 Å². The smallest absolute Gasteiger partial charge is 0.251 e. The van der Waals surface area contributed by atoms with Gasteiger partial charge >= 0.3 is 0 Å². The number of Topliss-reactive ketones (excluding diaryl/α,β-unsaturated/α-hetero) is 1. The van der Waals surface area contributed by atoms with Crippen LogP contribution in [0.25, 0.3) is 0 Å². The Bertz CT molecular complexity index is 985. The van der Waals surface area contributed by atoms with Crippen LogP contribution in [0.4, 0.5) is 0 Å². The third kappa shape index (κ3) is 4.20. The predicted octanol–water partition coefficient (Wildman–Crippen LogP) is 2.64. The molecule has 2 heterocycles. The van der Waals surface area contributed by atoms with Gasteiger partial charge in [0.2, 0.25) is 10.0 Å². The minimum absolute atomic E-state index is 0.0481. The van der Waals surface area contributed by atoms with Crippen LogP contribution >= 0.6 is 0 Å². The Hall–Kier alpha value is -2.25. The molecule has 0 amide bonds. The van der Waals surface area contributed by atoms with Gasteiger partial charge in [0.05, 0.1) is 11.4 Å². The molecule has 0 unspecified atom stereocenters. The van der Waals surface area contributed by atoms with Crippen molar-refractivity contribution < 1.29 is 13.2 Å². The van der Waals surface area contributed by atoms with E-state index in [4.69, 9.17) is 0 Å². The van der Waals surface area contributed by atoms with E-state index in [1.807, 2.05) is 12.1 Å². The van der Waals surface area contributed by atoms with Gasteiger partial charge in [-0.05, 0) is 30.4 Å². The summed E-state index contributed by atoms with van der Waals surface area (Å²) < 4.78 is 27.9. The number of carbonyl (C=O) groups is 1. The van der Waals surface area contributed by atoms with Gasteiger partial charge in [-0.15, -0.1) is 0 Å². The monoisotopic (exact) mass is 388 g/mol. The van der Waals surface area contributed by atoms with Crippen molar-refractivity contribution in [3.63, 3.8) is 0 Å². The Kier molecular flexibility index (Phi) is 5.62. The second kappa shape index (κ2) is 7.78. The quantitative estimate of drug-likeness (QED) is 0.713. The molecule has 0 spiro atoms. The molecule has 0 N–H and O–H groups in total. The van der Waals surface area contributed by atoms with Gasteiger partial charge in [0.25, 0.3) is 5.56 Å².